The lowest BCUT2D eigenvalue weighted by molar-refractivity contribution is -0.389. The Balaban J connectivity index is 3.14. The molecule has 0 amide bonds. The van der Waals surface area contributed by atoms with E-state index in [1.807, 2.05) is 0 Å². The average Bonchev–Trinajstić information content (AvgIpc) is 2.27. The standard InChI is InChI=1S/C11H15N3O5/c1-11(2,3-4-15)13-8-6-12-9(14(18)19)5-7(8)10(16)17/h5-6,13,15H,3-4H2,1-2H3,(H,16,17). The van der Waals surface area contributed by atoms with Crippen molar-refractivity contribution in [3.63, 3.8) is 0 Å². The molecule has 8 nitrogen and oxygen atoms in total. The van der Waals surface area contributed by atoms with Crippen LogP contribution in [0.25, 0.3) is 0 Å². The summed E-state index contributed by atoms with van der Waals surface area (Å²) >= 11 is 0. The SMILES string of the molecule is CC(C)(CCO)Nc1cnc([N+](=O)[O-])cc1C(=O)O. The van der Waals surface area contributed by atoms with Crippen molar-refractivity contribution in [1.29, 1.82) is 0 Å². The summed E-state index contributed by atoms with van der Waals surface area (Å²) in [7, 11) is 0. The number of anilines is 1. The summed E-state index contributed by atoms with van der Waals surface area (Å²) in [5, 5.41) is 31.5. The van der Waals surface area contributed by atoms with E-state index >= 15 is 0 Å². The van der Waals surface area contributed by atoms with E-state index in [9.17, 15) is 14.9 Å². The number of pyridine rings is 1. The van der Waals surface area contributed by atoms with Gasteiger partial charge in [0.25, 0.3) is 0 Å². The van der Waals surface area contributed by atoms with E-state index in [2.05, 4.69) is 10.3 Å². The molecular weight excluding hydrogens is 254 g/mol. The molecule has 0 radical (unpaired) electrons. The second-order valence-electron chi connectivity index (χ2n) is 4.63. The van der Waals surface area contributed by atoms with Crippen molar-refractivity contribution in [2.24, 2.45) is 0 Å². The molecule has 3 N–H and O–H groups in total. The number of hydrogen-bond donors (Lipinski definition) is 3. The Bertz CT molecular complexity index is 501. The van der Waals surface area contributed by atoms with Crippen molar-refractivity contribution in [2.75, 3.05) is 11.9 Å². The van der Waals surface area contributed by atoms with E-state index in [-0.39, 0.29) is 17.9 Å². The van der Waals surface area contributed by atoms with Gasteiger partial charge in [0, 0.05) is 12.1 Å². The van der Waals surface area contributed by atoms with E-state index in [1.54, 1.807) is 13.8 Å². The lowest BCUT2D eigenvalue weighted by Crippen LogP contribution is -2.32. The largest absolute Gasteiger partial charge is 0.478 e. The Labute approximate surface area is 109 Å². The van der Waals surface area contributed by atoms with Crippen LogP contribution in [0.4, 0.5) is 11.5 Å². The van der Waals surface area contributed by atoms with E-state index < -0.39 is 22.2 Å². The molecule has 0 saturated carbocycles. The number of hydrogen-bond acceptors (Lipinski definition) is 6. The molecule has 0 bridgehead atoms. The third kappa shape index (κ3) is 3.88. The van der Waals surface area contributed by atoms with Gasteiger partial charge in [-0.05, 0) is 30.2 Å². The number of nitrogens with zero attached hydrogens (tertiary/aromatic N) is 2. The number of carbonyl (C=O) groups is 1. The molecule has 0 aliphatic rings. The number of carboxylic acid groups (broad SMARTS) is 1. The smallest absolute Gasteiger partial charge is 0.364 e. The second kappa shape index (κ2) is 5.61. The Morgan fingerprint density at radius 3 is 2.68 bits per heavy atom. The first-order valence-corrected chi connectivity index (χ1v) is 5.53. The highest BCUT2D eigenvalue weighted by Crippen LogP contribution is 2.24. The normalized spacial score (nSPS) is 11.1. The van der Waals surface area contributed by atoms with E-state index in [1.165, 1.54) is 0 Å². The minimum atomic E-state index is -1.28. The number of aliphatic hydroxyl groups is 1. The Kier molecular flexibility index (Phi) is 4.38. The summed E-state index contributed by atoms with van der Waals surface area (Å²) in [6, 6.07) is 0.902. The van der Waals surface area contributed by atoms with Crippen molar-refractivity contribution in [3.8, 4) is 0 Å². The van der Waals surface area contributed by atoms with Gasteiger partial charge >= 0.3 is 11.8 Å². The summed E-state index contributed by atoms with van der Waals surface area (Å²) in [4.78, 5) is 24.5. The van der Waals surface area contributed by atoms with Crippen LogP contribution in [-0.2, 0) is 0 Å². The molecule has 0 aliphatic carbocycles. The van der Waals surface area contributed by atoms with Gasteiger partial charge in [0.05, 0.1) is 17.3 Å². The fraction of sp³-hybridized carbons (Fsp3) is 0.455. The minimum absolute atomic E-state index is 0.0667. The zero-order valence-corrected chi connectivity index (χ0v) is 10.6. The van der Waals surface area contributed by atoms with E-state index in [0.29, 0.717) is 6.42 Å². The highest BCUT2D eigenvalue weighted by Gasteiger charge is 2.23. The molecular formula is C11H15N3O5. The molecule has 0 fully saturated rings. The van der Waals surface area contributed by atoms with Gasteiger partial charge < -0.3 is 25.6 Å². The molecule has 1 aromatic heterocycles. The number of nitrogens with one attached hydrogen (secondary N) is 1. The van der Waals surface area contributed by atoms with Gasteiger partial charge in [-0.2, -0.15) is 0 Å². The van der Waals surface area contributed by atoms with Gasteiger partial charge in [0.15, 0.2) is 6.20 Å². The third-order valence-corrected chi connectivity index (χ3v) is 2.52. The molecule has 104 valence electrons. The number of nitro groups is 1. The van der Waals surface area contributed by atoms with E-state index in [0.717, 1.165) is 12.3 Å². The van der Waals surface area contributed by atoms with Gasteiger partial charge in [-0.3, -0.25) is 0 Å². The summed E-state index contributed by atoms with van der Waals surface area (Å²) in [6.45, 7) is 3.48. The summed E-state index contributed by atoms with van der Waals surface area (Å²) in [5.41, 5.74) is -0.610. The number of aromatic nitrogens is 1. The molecule has 1 heterocycles. The molecule has 0 saturated heterocycles. The van der Waals surface area contributed by atoms with Crippen LogP contribution in [0.3, 0.4) is 0 Å². The van der Waals surface area contributed by atoms with Crippen molar-refractivity contribution in [1.82, 2.24) is 4.98 Å². The molecule has 0 aromatic carbocycles. The van der Waals surface area contributed by atoms with Gasteiger partial charge in [-0.1, -0.05) is 0 Å². The Morgan fingerprint density at radius 2 is 2.21 bits per heavy atom. The highest BCUT2D eigenvalue weighted by atomic mass is 16.6. The molecule has 0 spiro atoms. The maximum atomic E-state index is 11.1. The quantitative estimate of drug-likeness (QED) is 0.524. The molecule has 0 atom stereocenters. The average molecular weight is 269 g/mol. The summed E-state index contributed by atoms with van der Waals surface area (Å²) in [6.07, 6.45) is 1.50. The molecule has 8 heteroatoms. The van der Waals surface area contributed by atoms with Gasteiger partial charge in [-0.15, -0.1) is 0 Å². The zero-order valence-electron chi connectivity index (χ0n) is 10.6. The lowest BCUT2D eigenvalue weighted by atomic mass is 10.0. The first kappa shape index (κ1) is 14.8. The maximum Gasteiger partial charge on any atom is 0.364 e. The second-order valence-corrected chi connectivity index (χ2v) is 4.63. The van der Waals surface area contributed by atoms with Crippen LogP contribution in [0.5, 0.6) is 0 Å². The fourth-order valence-electron chi connectivity index (χ4n) is 1.53. The minimum Gasteiger partial charge on any atom is -0.478 e. The summed E-state index contributed by atoms with van der Waals surface area (Å²) < 4.78 is 0. The third-order valence-electron chi connectivity index (χ3n) is 2.52. The Hall–Kier alpha value is -2.22. The molecule has 19 heavy (non-hydrogen) atoms. The molecule has 0 aliphatic heterocycles. The number of aromatic carboxylic acids is 1. The maximum absolute atomic E-state index is 11.1. The molecule has 1 aromatic rings. The van der Waals surface area contributed by atoms with Crippen LogP contribution in [0.2, 0.25) is 0 Å². The van der Waals surface area contributed by atoms with Crippen molar-refractivity contribution in [3.05, 3.63) is 27.9 Å². The van der Waals surface area contributed by atoms with Gasteiger partial charge in [0.1, 0.15) is 0 Å². The van der Waals surface area contributed by atoms with Gasteiger partial charge in [-0.25, -0.2) is 4.79 Å². The van der Waals surface area contributed by atoms with Crippen molar-refractivity contribution in [2.45, 2.75) is 25.8 Å². The fourth-order valence-corrected chi connectivity index (χ4v) is 1.53. The first-order chi connectivity index (χ1) is 8.76. The zero-order chi connectivity index (χ0) is 14.6. The van der Waals surface area contributed by atoms with Crippen LogP contribution in [0.1, 0.15) is 30.6 Å². The van der Waals surface area contributed by atoms with Crippen LogP contribution < -0.4 is 5.32 Å². The number of rotatable bonds is 6. The van der Waals surface area contributed by atoms with Crippen LogP contribution in [0.15, 0.2) is 12.3 Å². The van der Waals surface area contributed by atoms with Crippen LogP contribution in [0, 0.1) is 10.1 Å². The monoisotopic (exact) mass is 269 g/mol. The number of carboxylic acids is 1. The molecule has 0 unspecified atom stereocenters. The number of aliphatic hydroxyl groups excluding tert-OH is 1. The van der Waals surface area contributed by atoms with E-state index in [4.69, 9.17) is 10.2 Å². The molecule has 1 rings (SSSR count). The van der Waals surface area contributed by atoms with Crippen molar-refractivity contribution >= 4 is 17.5 Å². The van der Waals surface area contributed by atoms with Crippen molar-refractivity contribution < 1.29 is 19.9 Å². The van der Waals surface area contributed by atoms with Crippen LogP contribution in [-0.4, -0.2) is 38.2 Å². The summed E-state index contributed by atoms with van der Waals surface area (Å²) in [5.74, 6) is -1.81. The van der Waals surface area contributed by atoms with Gasteiger partial charge in [0.2, 0.25) is 0 Å². The topological polar surface area (TPSA) is 126 Å². The predicted octanol–water partition coefficient (Wildman–Crippen LogP) is 1.26. The lowest BCUT2D eigenvalue weighted by Gasteiger charge is -2.26. The first-order valence-electron chi connectivity index (χ1n) is 5.53. The highest BCUT2D eigenvalue weighted by molar-refractivity contribution is 5.94. The van der Waals surface area contributed by atoms with Crippen LogP contribution >= 0.6 is 0 Å². The Morgan fingerprint density at radius 1 is 1.58 bits per heavy atom. The predicted molar refractivity (Wildman–Crippen MR) is 67.3 cm³/mol.